The Labute approximate surface area is 176 Å². The van der Waals surface area contributed by atoms with Crippen LogP contribution in [0.5, 0.6) is 11.5 Å². The fourth-order valence-corrected chi connectivity index (χ4v) is 3.53. The summed E-state index contributed by atoms with van der Waals surface area (Å²) in [5, 5.41) is 2.80. The van der Waals surface area contributed by atoms with E-state index < -0.39 is 15.9 Å². The number of terminal acetylenes is 1. The van der Waals surface area contributed by atoms with Crippen molar-refractivity contribution in [1.29, 1.82) is 0 Å². The summed E-state index contributed by atoms with van der Waals surface area (Å²) in [7, 11) is -3.71. The fourth-order valence-electron chi connectivity index (χ4n) is 2.59. The molecule has 0 atom stereocenters. The molecular weight excluding hydrogens is 400 g/mol. The third-order valence-corrected chi connectivity index (χ3v) is 5.59. The van der Waals surface area contributed by atoms with Crippen molar-refractivity contribution in [2.45, 2.75) is 11.8 Å². The summed E-state index contributed by atoms with van der Waals surface area (Å²) < 4.78 is 32.3. The number of benzene rings is 3. The van der Waals surface area contributed by atoms with Crippen LogP contribution in [0, 0.1) is 19.3 Å². The SMILES string of the molecule is C#CCNS(=O)(=O)c1ccc(C(=O)Nc2ccccc2Oc2ccc(C)cc2)cc1. The maximum atomic E-state index is 12.6. The zero-order valence-corrected chi connectivity index (χ0v) is 17.1. The van der Waals surface area contributed by atoms with E-state index in [1.807, 2.05) is 37.3 Å². The van der Waals surface area contributed by atoms with Gasteiger partial charge in [-0.2, -0.15) is 4.72 Å². The third kappa shape index (κ3) is 5.26. The Kier molecular flexibility index (Phi) is 6.52. The first-order valence-electron chi connectivity index (χ1n) is 9.07. The van der Waals surface area contributed by atoms with Gasteiger partial charge in [0.05, 0.1) is 17.1 Å². The number of nitrogens with one attached hydrogen (secondary N) is 2. The number of sulfonamides is 1. The third-order valence-electron chi connectivity index (χ3n) is 4.18. The van der Waals surface area contributed by atoms with E-state index in [2.05, 4.69) is 16.0 Å². The van der Waals surface area contributed by atoms with E-state index in [-0.39, 0.29) is 11.4 Å². The number of carbonyl (C=O) groups excluding carboxylic acids is 1. The monoisotopic (exact) mass is 420 g/mol. The normalized spacial score (nSPS) is 10.8. The first-order valence-corrected chi connectivity index (χ1v) is 10.6. The Morgan fingerprint density at radius 2 is 1.67 bits per heavy atom. The lowest BCUT2D eigenvalue weighted by molar-refractivity contribution is 0.102. The molecule has 0 spiro atoms. The van der Waals surface area contributed by atoms with E-state index in [4.69, 9.17) is 11.2 Å². The molecule has 0 fully saturated rings. The van der Waals surface area contributed by atoms with Crippen LogP contribution in [0.1, 0.15) is 15.9 Å². The van der Waals surface area contributed by atoms with E-state index in [0.29, 0.717) is 22.7 Å². The number of amides is 1. The fraction of sp³-hybridized carbons (Fsp3) is 0.0870. The van der Waals surface area contributed by atoms with Crippen LogP contribution in [0.4, 0.5) is 5.69 Å². The molecule has 0 bridgehead atoms. The summed E-state index contributed by atoms with van der Waals surface area (Å²) in [5.74, 6) is 2.96. The molecule has 0 aliphatic heterocycles. The van der Waals surface area contributed by atoms with Gasteiger partial charge in [-0.25, -0.2) is 8.42 Å². The smallest absolute Gasteiger partial charge is 0.255 e. The van der Waals surface area contributed by atoms with E-state index in [0.717, 1.165) is 5.56 Å². The van der Waals surface area contributed by atoms with Crippen LogP contribution in [-0.4, -0.2) is 20.9 Å². The minimum atomic E-state index is -3.71. The summed E-state index contributed by atoms with van der Waals surface area (Å²) in [5.41, 5.74) is 1.91. The first kappa shape index (κ1) is 21.1. The van der Waals surface area contributed by atoms with E-state index >= 15 is 0 Å². The molecule has 3 aromatic rings. The second kappa shape index (κ2) is 9.27. The van der Waals surface area contributed by atoms with Crippen LogP contribution in [0.15, 0.2) is 77.7 Å². The second-order valence-corrected chi connectivity index (χ2v) is 8.19. The Balaban J connectivity index is 1.75. The molecular formula is C23H20N2O4S. The minimum Gasteiger partial charge on any atom is -0.455 e. The van der Waals surface area contributed by atoms with Gasteiger partial charge in [-0.1, -0.05) is 35.7 Å². The zero-order chi connectivity index (χ0) is 21.6. The number of hydrogen-bond donors (Lipinski definition) is 2. The van der Waals surface area contributed by atoms with Crippen LogP contribution >= 0.6 is 0 Å². The molecule has 0 heterocycles. The number of hydrogen-bond acceptors (Lipinski definition) is 4. The molecule has 0 saturated carbocycles. The highest BCUT2D eigenvalue weighted by atomic mass is 32.2. The maximum absolute atomic E-state index is 12.6. The largest absolute Gasteiger partial charge is 0.455 e. The molecule has 30 heavy (non-hydrogen) atoms. The average Bonchev–Trinajstić information content (AvgIpc) is 2.75. The molecule has 7 heteroatoms. The van der Waals surface area contributed by atoms with Crippen LogP contribution < -0.4 is 14.8 Å². The molecule has 0 aliphatic carbocycles. The van der Waals surface area contributed by atoms with Crippen LogP contribution in [0.3, 0.4) is 0 Å². The van der Waals surface area contributed by atoms with Crippen molar-refractivity contribution in [1.82, 2.24) is 4.72 Å². The minimum absolute atomic E-state index is 0.0254. The molecule has 0 aromatic heterocycles. The molecule has 3 rings (SSSR count). The van der Waals surface area contributed by atoms with Crippen LogP contribution in [0.25, 0.3) is 0 Å². The van der Waals surface area contributed by atoms with Gasteiger partial charge < -0.3 is 10.1 Å². The van der Waals surface area contributed by atoms with Gasteiger partial charge >= 0.3 is 0 Å². The molecule has 0 radical (unpaired) electrons. The molecule has 152 valence electrons. The Hall–Kier alpha value is -3.60. The highest BCUT2D eigenvalue weighted by Gasteiger charge is 2.15. The highest BCUT2D eigenvalue weighted by molar-refractivity contribution is 7.89. The summed E-state index contributed by atoms with van der Waals surface area (Å²) in [6.07, 6.45) is 5.08. The van der Waals surface area contributed by atoms with Crippen molar-refractivity contribution < 1.29 is 17.9 Å². The molecule has 2 N–H and O–H groups in total. The first-order chi connectivity index (χ1) is 14.4. The molecule has 6 nitrogen and oxygen atoms in total. The van der Waals surface area contributed by atoms with Gasteiger partial charge in [-0.3, -0.25) is 4.79 Å². The van der Waals surface area contributed by atoms with Gasteiger partial charge in [0.25, 0.3) is 5.91 Å². The Morgan fingerprint density at radius 1 is 1.00 bits per heavy atom. The van der Waals surface area contributed by atoms with Gasteiger partial charge in [0.2, 0.25) is 10.0 Å². The lowest BCUT2D eigenvalue weighted by Crippen LogP contribution is -2.24. The van der Waals surface area contributed by atoms with Gasteiger partial charge in [0.15, 0.2) is 5.75 Å². The van der Waals surface area contributed by atoms with Gasteiger partial charge in [0.1, 0.15) is 5.75 Å². The highest BCUT2D eigenvalue weighted by Crippen LogP contribution is 2.29. The number of ether oxygens (including phenoxy) is 1. The maximum Gasteiger partial charge on any atom is 0.255 e. The lowest BCUT2D eigenvalue weighted by Gasteiger charge is -2.12. The van der Waals surface area contributed by atoms with Crippen molar-refractivity contribution in [2.75, 3.05) is 11.9 Å². The number of para-hydroxylation sites is 2. The predicted octanol–water partition coefficient (Wildman–Crippen LogP) is 3.95. The quantitative estimate of drug-likeness (QED) is 0.567. The van der Waals surface area contributed by atoms with Crippen LogP contribution in [-0.2, 0) is 10.0 Å². The lowest BCUT2D eigenvalue weighted by atomic mass is 10.2. The summed E-state index contributed by atoms with van der Waals surface area (Å²) in [4.78, 5) is 12.7. The zero-order valence-electron chi connectivity index (χ0n) is 16.3. The van der Waals surface area contributed by atoms with E-state index in [1.165, 1.54) is 24.3 Å². The van der Waals surface area contributed by atoms with Crippen molar-refractivity contribution >= 4 is 21.6 Å². The average molecular weight is 420 g/mol. The van der Waals surface area contributed by atoms with Gasteiger partial charge in [0, 0.05) is 5.56 Å². The summed E-state index contributed by atoms with van der Waals surface area (Å²) >= 11 is 0. The van der Waals surface area contributed by atoms with Crippen molar-refractivity contribution in [2.24, 2.45) is 0 Å². The molecule has 1 amide bonds. The van der Waals surface area contributed by atoms with Crippen molar-refractivity contribution in [3.8, 4) is 23.8 Å². The number of carbonyl (C=O) groups is 1. The standard InChI is InChI=1S/C23H20N2O4S/c1-3-16-24-30(27,28)20-14-10-18(11-15-20)23(26)25-21-6-4-5-7-22(21)29-19-12-8-17(2)9-13-19/h1,4-15,24H,16H2,2H3,(H,25,26). The Morgan fingerprint density at radius 3 is 2.33 bits per heavy atom. The molecule has 0 unspecified atom stereocenters. The molecule has 0 aliphatic rings. The van der Waals surface area contributed by atoms with Crippen molar-refractivity contribution in [3.05, 3.63) is 83.9 Å². The topological polar surface area (TPSA) is 84.5 Å². The van der Waals surface area contributed by atoms with E-state index in [9.17, 15) is 13.2 Å². The van der Waals surface area contributed by atoms with Gasteiger partial charge in [-0.15, -0.1) is 6.42 Å². The number of aryl methyl sites for hydroxylation is 1. The van der Waals surface area contributed by atoms with E-state index in [1.54, 1.807) is 18.2 Å². The predicted molar refractivity (Wildman–Crippen MR) is 116 cm³/mol. The summed E-state index contributed by atoms with van der Waals surface area (Å²) in [6, 6.07) is 20.2. The summed E-state index contributed by atoms with van der Waals surface area (Å²) in [6.45, 7) is 1.88. The second-order valence-electron chi connectivity index (χ2n) is 6.42. The molecule has 0 saturated heterocycles. The number of anilines is 1. The Bertz CT molecular complexity index is 1180. The van der Waals surface area contributed by atoms with Gasteiger partial charge in [-0.05, 0) is 55.5 Å². The molecule has 3 aromatic carbocycles. The van der Waals surface area contributed by atoms with Crippen molar-refractivity contribution in [3.63, 3.8) is 0 Å². The van der Waals surface area contributed by atoms with Crippen LogP contribution in [0.2, 0.25) is 0 Å². The number of rotatable bonds is 7.